The number of hydrogen-bond acceptors (Lipinski definition) is 3. The summed E-state index contributed by atoms with van der Waals surface area (Å²) in [5, 5.41) is 5.77. The van der Waals surface area contributed by atoms with Crippen molar-refractivity contribution in [3.05, 3.63) is 29.8 Å². The summed E-state index contributed by atoms with van der Waals surface area (Å²) in [4.78, 5) is 12.0. The predicted octanol–water partition coefficient (Wildman–Crippen LogP) is 1.12. The zero-order valence-corrected chi connectivity index (χ0v) is 10.3. The van der Waals surface area contributed by atoms with Gasteiger partial charge < -0.3 is 15.4 Å². The van der Waals surface area contributed by atoms with Crippen molar-refractivity contribution >= 4 is 5.91 Å². The van der Waals surface area contributed by atoms with Crippen LogP contribution in [0.5, 0.6) is 5.75 Å². The minimum absolute atomic E-state index is 0.160. The maximum absolute atomic E-state index is 13.2. The Labute approximate surface area is 106 Å². The molecule has 0 aromatic heterocycles. The Morgan fingerprint density at radius 3 is 3.06 bits per heavy atom. The smallest absolute Gasteiger partial charge is 0.251 e. The molecule has 1 saturated heterocycles. The third-order valence-corrected chi connectivity index (χ3v) is 2.96. The van der Waals surface area contributed by atoms with E-state index in [1.807, 2.05) is 0 Å². The number of carbonyl (C=O) groups is 1. The molecule has 98 valence electrons. The summed E-state index contributed by atoms with van der Waals surface area (Å²) in [6.45, 7) is 0.974. The van der Waals surface area contributed by atoms with Gasteiger partial charge in [0.05, 0.1) is 7.11 Å². The molecular weight excluding hydrogens is 235 g/mol. The van der Waals surface area contributed by atoms with E-state index >= 15 is 0 Å². The minimum atomic E-state index is -0.894. The summed E-state index contributed by atoms with van der Waals surface area (Å²) in [6, 6.07) is 6.74. The highest BCUT2D eigenvalue weighted by molar-refractivity contribution is 5.94. The second kappa shape index (κ2) is 5.82. The summed E-state index contributed by atoms with van der Waals surface area (Å²) in [7, 11) is 1.55. The van der Waals surface area contributed by atoms with Crippen LogP contribution in [0.2, 0.25) is 0 Å². The first-order chi connectivity index (χ1) is 8.69. The SMILES string of the molecule is COc1cccc(C(=O)N[C@@H]2CNC[C@H](F)C2)c1. The summed E-state index contributed by atoms with van der Waals surface area (Å²) in [6.07, 6.45) is -0.530. The first-order valence-electron chi connectivity index (χ1n) is 5.98. The minimum Gasteiger partial charge on any atom is -0.497 e. The normalized spacial score (nSPS) is 23.4. The van der Waals surface area contributed by atoms with Gasteiger partial charge in [-0.25, -0.2) is 4.39 Å². The standard InChI is InChI=1S/C13H17FN2O2/c1-18-12-4-2-3-9(5-12)13(17)16-11-6-10(14)7-15-8-11/h2-5,10-11,15H,6-8H2,1H3,(H,16,17)/t10-,11+/m1/s1. The number of halogens is 1. The second-order valence-corrected chi connectivity index (χ2v) is 4.39. The van der Waals surface area contributed by atoms with Gasteiger partial charge in [-0.3, -0.25) is 4.79 Å². The lowest BCUT2D eigenvalue weighted by molar-refractivity contribution is 0.0918. The number of ether oxygens (including phenoxy) is 1. The van der Waals surface area contributed by atoms with Crippen LogP contribution in [0.25, 0.3) is 0 Å². The van der Waals surface area contributed by atoms with Crippen LogP contribution in [0.4, 0.5) is 4.39 Å². The second-order valence-electron chi connectivity index (χ2n) is 4.39. The Morgan fingerprint density at radius 2 is 2.33 bits per heavy atom. The summed E-state index contributed by atoms with van der Waals surface area (Å²) in [5.74, 6) is 0.433. The first-order valence-corrected chi connectivity index (χ1v) is 5.98. The van der Waals surface area contributed by atoms with E-state index in [0.717, 1.165) is 0 Å². The van der Waals surface area contributed by atoms with Gasteiger partial charge in [0.2, 0.25) is 0 Å². The molecular formula is C13H17FN2O2. The van der Waals surface area contributed by atoms with Gasteiger partial charge in [-0.15, -0.1) is 0 Å². The predicted molar refractivity (Wildman–Crippen MR) is 66.6 cm³/mol. The van der Waals surface area contributed by atoms with Crippen molar-refractivity contribution < 1.29 is 13.9 Å². The van der Waals surface area contributed by atoms with Crippen LogP contribution in [0.15, 0.2) is 24.3 Å². The van der Waals surface area contributed by atoms with Crippen molar-refractivity contribution in [1.29, 1.82) is 0 Å². The van der Waals surface area contributed by atoms with Crippen molar-refractivity contribution in [2.75, 3.05) is 20.2 Å². The number of hydrogen-bond donors (Lipinski definition) is 2. The van der Waals surface area contributed by atoms with Gasteiger partial charge in [0.15, 0.2) is 0 Å². The van der Waals surface area contributed by atoms with E-state index in [2.05, 4.69) is 10.6 Å². The van der Waals surface area contributed by atoms with Crippen LogP contribution in [0.3, 0.4) is 0 Å². The number of nitrogens with one attached hydrogen (secondary N) is 2. The molecule has 0 unspecified atom stereocenters. The molecule has 2 rings (SSSR count). The molecule has 1 fully saturated rings. The quantitative estimate of drug-likeness (QED) is 0.847. The van der Waals surface area contributed by atoms with E-state index in [1.54, 1.807) is 31.4 Å². The highest BCUT2D eigenvalue weighted by atomic mass is 19.1. The molecule has 1 aromatic rings. The van der Waals surface area contributed by atoms with E-state index in [-0.39, 0.29) is 11.9 Å². The fraction of sp³-hybridized carbons (Fsp3) is 0.462. The Kier molecular flexibility index (Phi) is 4.15. The van der Waals surface area contributed by atoms with E-state index in [1.165, 1.54) is 0 Å². The van der Waals surface area contributed by atoms with Gasteiger partial charge in [0.25, 0.3) is 5.91 Å². The first kappa shape index (κ1) is 12.8. The molecule has 0 saturated carbocycles. The van der Waals surface area contributed by atoms with Gasteiger partial charge in [0, 0.05) is 31.1 Å². The lowest BCUT2D eigenvalue weighted by Crippen LogP contribution is -2.49. The van der Waals surface area contributed by atoms with Crippen molar-refractivity contribution in [3.8, 4) is 5.75 Å². The zero-order valence-electron chi connectivity index (χ0n) is 10.3. The number of alkyl halides is 1. The van der Waals surface area contributed by atoms with Crippen LogP contribution >= 0.6 is 0 Å². The van der Waals surface area contributed by atoms with Crippen molar-refractivity contribution in [2.45, 2.75) is 18.6 Å². The molecule has 2 N–H and O–H groups in total. The number of piperidine rings is 1. The van der Waals surface area contributed by atoms with Crippen molar-refractivity contribution in [3.63, 3.8) is 0 Å². The van der Waals surface area contributed by atoms with Crippen molar-refractivity contribution in [2.24, 2.45) is 0 Å². The molecule has 1 amide bonds. The number of rotatable bonds is 3. The Balaban J connectivity index is 1.98. The van der Waals surface area contributed by atoms with Crippen molar-refractivity contribution in [1.82, 2.24) is 10.6 Å². The average molecular weight is 252 g/mol. The third kappa shape index (κ3) is 3.20. The number of carbonyl (C=O) groups excluding carboxylic acids is 1. The monoisotopic (exact) mass is 252 g/mol. The van der Waals surface area contributed by atoms with Crippen LogP contribution in [-0.4, -0.2) is 38.3 Å². The molecule has 4 nitrogen and oxygen atoms in total. The van der Waals surface area contributed by atoms with E-state index in [0.29, 0.717) is 30.8 Å². The summed E-state index contributed by atoms with van der Waals surface area (Å²) < 4.78 is 18.2. The van der Waals surface area contributed by atoms with Gasteiger partial charge in [-0.05, 0) is 18.2 Å². The Hall–Kier alpha value is -1.62. The average Bonchev–Trinajstić information content (AvgIpc) is 2.39. The van der Waals surface area contributed by atoms with E-state index in [9.17, 15) is 9.18 Å². The topological polar surface area (TPSA) is 50.4 Å². The molecule has 5 heteroatoms. The van der Waals surface area contributed by atoms with Crippen LogP contribution in [0.1, 0.15) is 16.8 Å². The summed E-state index contributed by atoms with van der Waals surface area (Å²) in [5.41, 5.74) is 0.523. The lowest BCUT2D eigenvalue weighted by atomic mass is 10.1. The van der Waals surface area contributed by atoms with Gasteiger partial charge in [0.1, 0.15) is 11.9 Å². The molecule has 0 radical (unpaired) electrons. The van der Waals surface area contributed by atoms with Gasteiger partial charge in [-0.2, -0.15) is 0 Å². The van der Waals surface area contributed by atoms with E-state index < -0.39 is 6.17 Å². The molecule has 0 bridgehead atoms. The van der Waals surface area contributed by atoms with Crippen LogP contribution < -0.4 is 15.4 Å². The number of amides is 1. The molecule has 0 aliphatic carbocycles. The van der Waals surface area contributed by atoms with Gasteiger partial charge in [-0.1, -0.05) is 6.07 Å². The van der Waals surface area contributed by atoms with Gasteiger partial charge >= 0.3 is 0 Å². The highest BCUT2D eigenvalue weighted by Crippen LogP contribution is 2.13. The fourth-order valence-electron chi connectivity index (χ4n) is 2.03. The molecule has 1 aliphatic rings. The number of methoxy groups -OCH3 is 1. The molecule has 2 atom stereocenters. The zero-order chi connectivity index (χ0) is 13.0. The maximum Gasteiger partial charge on any atom is 0.251 e. The Bertz CT molecular complexity index is 425. The largest absolute Gasteiger partial charge is 0.497 e. The number of benzene rings is 1. The highest BCUT2D eigenvalue weighted by Gasteiger charge is 2.22. The molecule has 1 heterocycles. The molecule has 0 spiro atoms. The fourth-order valence-corrected chi connectivity index (χ4v) is 2.03. The molecule has 1 aromatic carbocycles. The maximum atomic E-state index is 13.2. The Morgan fingerprint density at radius 1 is 1.50 bits per heavy atom. The summed E-state index contributed by atoms with van der Waals surface area (Å²) >= 11 is 0. The lowest BCUT2D eigenvalue weighted by Gasteiger charge is -2.26. The molecule has 1 aliphatic heterocycles. The van der Waals surface area contributed by atoms with Crippen LogP contribution in [-0.2, 0) is 0 Å². The van der Waals surface area contributed by atoms with Crippen LogP contribution in [0, 0.1) is 0 Å². The third-order valence-electron chi connectivity index (χ3n) is 2.96. The van der Waals surface area contributed by atoms with E-state index in [4.69, 9.17) is 4.74 Å². The molecule has 18 heavy (non-hydrogen) atoms.